The van der Waals surface area contributed by atoms with Crippen LogP contribution in [0.3, 0.4) is 0 Å². The Kier molecular flexibility index (Phi) is 9.37. The quantitative estimate of drug-likeness (QED) is 0.250. The Morgan fingerprint density at radius 2 is 1.61 bits per heavy atom. The van der Waals surface area contributed by atoms with Gasteiger partial charge in [-0.05, 0) is 87.3 Å². The lowest BCUT2D eigenvalue weighted by atomic mass is 9.76. The van der Waals surface area contributed by atoms with Gasteiger partial charge in [0.2, 0.25) is 23.4 Å². The van der Waals surface area contributed by atoms with Crippen LogP contribution in [0.5, 0.6) is 5.88 Å². The molecule has 13 nitrogen and oxygen atoms in total. The molecule has 290 valence electrons. The number of likely N-dealkylation sites (tertiary alicyclic amines) is 1. The molecule has 2 atom stereocenters. The van der Waals surface area contributed by atoms with Crippen molar-refractivity contribution < 1.29 is 23.9 Å². The summed E-state index contributed by atoms with van der Waals surface area (Å²) >= 11 is 6.38. The number of piperidine rings is 3. The van der Waals surface area contributed by atoms with Crippen LogP contribution in [0.1, 0.15) is 72.6 Å². The maximum atomic E-state index is 13.3. The Morgan fingerprint density at radius 3 is 2.30 bits per heavy atom. The highest BCUT2D eigenvalue weighted by atomic mass is 35.5. The lowest BCUT2D eigenvalue weighted by molar-refractivity contribution is -0.136. The lowest BCUT2D eigenvalue weighted by Gasteiger charge is -2.48. The smallest absolute Gasteiger partial charge is 0.262 e. The molecule has 5 fully saturated rings. The van der Waals surface area contributed by atoms with Gasteiger partial charge >= 0.3 is 0 Å². The van der Waals surface area contributed by atoms with Gasteiger partial charge in [-0.3, -0.25) is 34.3 Å². The summed E-state index contributed by atoms with van der Waals surface area (Å²) in [6.45, 7) is 16.1. The fourth-order valence-electron chi connectivity index (χ4n) is 9.74. The average molecular weight is 777 g/mol. The van der Waals surface area contributed by atoms with Gasteiger partial charge in [0.15, 0.2) is 0 Å². The summed E-state index contributed by atoms with van der Waals surface area (Å²) in [6, 6.07) is 15.1. The number of nitrogens with zero attached hydrogens (tertiary/aromatic N) is 7. The van der Waals surface area contributed by atoms with Crippen molar-refractivity contribution in [3.63, 3.8) is 0 Å². The zero-order valence-electron chi connectivity index (χ0n) is 31.5. The first-order valence-electron chi connectivity index (χ1n) is 19.7. The molecule has 1 aromatic heterocycles. The van der Waals surface area contributed by atoms with Gasteiger partial charge in [-0.15, -0.1) is 0 Å². The molecule has 4 amide bonds. The van der Waals surface area contributed by atoms with Crippen LogP contribution in [0.15, 0.2) is 54.7 Å². The standard InChI is InChI=1S/C42H45ClN8O5/c1-26-21-42(25-50(26)28-4-7-35(44-2)34(43)20-28)13-17-48(18-14-42)29-5-10-38(45-22-29)56-31-11-15-47(16-12-31)30-23-49(24-30)27-3-6-32-33(19-27)41(55)51(40(32)54)36-8-9-37(52)46-39(36)53/h3-7,10,19-20,22,26,30-31,36H,8-9,11-18,21,23-25H2,1H3,(H,46,52,53)/t26-,36?/m0/s1. The van der Waals surface area contributed by atoms with E-state index in [-0.39, 0.29) is 30.3 Å². The van der Waals surface area contributed by atoms with Gasteiger partial charge in [0.05, 0.1) is 29.6 Å². The molecule has 6 aliphatic heterocycles. The van der Waals surface area contributed by atoms with Crippen molar-refractivity contribution in [2.75, 3.05) is 60.5 Å². The summed E-state index contributed by atoms with van der Waals surface area (Å²) in [4.78, 5) is 69.2. The molecular formula is C42H45ClN8O5. The second-order valence-electron chi connectivity index (χ2n) is 16.4. The van der Waals surface area contributed by atoms with E-state index in [1.54, 1.807) is 12.1 Å². The van der Waals surface area contributed by atoms with E-state index in [1.165, 1.54) is 0 Å². The van der Waals surface area contributed by atoms with E-state index in [4.69, 9.17) is 27.9 Å². The number of pyridine rings is 1. The van der Waals surface area contributed by atoms with Gasteiger partial charge in [-0.2, -0.15) is 0 Å². The highest BCUT2D eigenvalue weighted by Gasteiger charge is 2.46. The summed E-state index contributed by atoms with van der Waals surface area (Å²) in [6.07, 6.45) is 7.54. The Hall–Kier alpha value is -5.19. The molecule has 5 saturated heterocycles. The van der Waals surface area contributed by atoms with Gasteiger partial charge in [-0.25, -0.2) is 9.83 Å². The second kappa shape index (κ2) is 14.4. The summed E-state index contributed by atoms with van der Waals surface area (Å²) in [7, 11) is 0. The fraction of sp³-hybridized carbons (Fsp3) is 0.476. The number of hydrogen-bond acceptors (Lipinski definition) is 10. The summed E-state index contributed by atoms with van der Waals surface area (Å²) in [5.74, 6) is -1.29. The molecule has 9 rings (SSSR count). The monoisotopic (exact) mass is 776 g/mol. The van der Waals surface area contributed by atoms with Crippen LogP contribution in [0.2, 0.25) is 5.02 Å². The maximum Gasteiger partial charge on any atom is 0.262 e. The van der Waals surface area contributed by atoms with Crippen LogP contribution >= 0.6 is 11.6 Å². The van der Waals surface area contributed by atoms with Gasteiger partial charge in [0.25, 0.3) is 11.8 Å². The number of carbonyl (C=O) groups excluding carboxylic acids is 4. The topological polar surface area (TPSA) is 123 Å². The Bertz CT molecular complexity index is 2120. The normalized spacial score (nSPS) is 24.4. The number of rotatable bonds is 7. The van der Waals surface area contributed by atoms with Gasteiger partial charge in [0.1, 0.15) is 12.1 Å². The van der Waals surface area contributed by atoms with Crippen molar-refractivity contribution in [3.05, 3.63) is 82.3 Å². The van der Waals surface area contributed by atoms with Crippen LogP contribution in [0.25, 0.3) is 4.85 Å². The summed E-state index contributed by atoms with van der Waals surface area (Å²) in [5.41, 5.74) is 4.50. The maximum absolute atomic E-state index is 13.3. The third kappa shape index (κ3) is 6.62. The van der Waals surface area contributed by atoms with E-state index in [2.05, 4.69) is 42.8 Å². The lowest BCUT2D eigenvalue weighted by Crippen LogP contribution is -2.61. The highest BCUT2D eigenvalue weighted by Crippen LogP contribution is 2.46. The summed E-state index contributed by atoms with van der Waals surface area (Å²) < 4.78 is 6.36. The van der Waals surface area contributed by atoms with Crippen LogP contribution in [-0.4, -0.2) is 108 Å². The molecular weight excluding hydrogens is 732 g/mol. The molecule has 1 spiro atoms. The van der Waals surface area contributed by atoms with Crippen molar-refractivity contribution in [3.8, 4) is 5.88 Å². The molecule has 0 radical (unpaired) electrons. The number of carbonyl (C=O) groups is 4. The molecule has 56 heavy (non-hydrogen) atoms. The van der Waals surface area contributed by atoms with Crippen molar-refractivity contribution in [2.45, 2.75) is 76.1 Å². The molecule has 6 aliphatic rings. The molecule has 14 heteroatoms. The Morgan fingerprint density at radius 1 is 0.875 bits per heavy atom. The molecule has 0 aliphatic carbocycles. The summed E-state index contributed by atoms with van der Waals surface area (Å²) in [5, 5.41) is 2.76. The highest BCUT2D eigenvalue weighted by molar-refractivity contribution is 6.33. The van der Waals surface area contributed by atoms with Crippen molar-refractivity contribution in [2.24, 2.45) is 5.41 Å². The number of halogens is 1. The van der Waals surface area contributed by atoms with Crippen LogP contribution < -0.4 is 24.8 Å². The number of benzene rings is 2. The fourth-order valence-corrected chi connectivity index (χ4v) is 9.96. The van der Waals surface area contributed by atoms with Crippen molar-refractivity contribution in [1.29, 1.82) is 0 Å². The number of aromatic nitrogens is 1. The number of amides is 4. The molecule has 2 aromatic carbocycles. The first-order valence-corrected chi connectivity index (χ1v) is 20.1. The second-order valence-corrected chi connectivity index (χ2v) is 16.8. The predicted octanol–water partition coefficient (Wildman–Crippen LogP) is 5.30. The SMILES string of the molecule is [C-]#[N+]c1ccc(N2CC3(CCN(c4ccc(OC5CCN(C6CN(c7ccc8c(c7)C(=O)N(C7CCC(=O)NC7=O)C8=O)C6)CC5)nc4)CC3)C[C@@H]2C)cc1Cl. The van der Waals surface area contributed by atoms with Crippen molar-refractivity contribution >= 4 is 58.0 Å². The number of fused-ring (bicyclic) bond motifs is 1. The van der Waals surface area contributed by atoms with E-state index in [0.29, 0.717) is 39.8 Å². The van der Waals surface area contributed by atoms with E-state index in [1.807, 2.05) is 36.5 Å². The number of ether oxygens (including phenoxy) is 1. The van der Waals surface area contributed by atoms with Gasteiger partial charge < -0.3 is 19.4 Å². The third-order valence-corrected chi connectivity index (χ3v) is 13.3. The first kappa shape index (κ1) is 36.4. The average Bonchev–Trinajstić information content (AvgIpc) is 3.63. The molecule has 1 N–H and O–H groups in total. The van der Waals surface area contributed by atoms with E-state index < -0.39 is 23.8 Å². The minimum Gasteiger partial charge on any atom is -0.474 e. The minimum atomic E-state index is -0.967. The molecule has 0 bridgehead atoms. The van der Waals surface area contributed by atoms with E-state index in [0.717, 1.165) is 99.9 Å². The molecule has 7 heterocycles. The first-order chi connectivity index (χ1) is 27.1. The Labute approximate surface area is 331 Å². The minimum absolute atomic E-state index is 0.0965. The van der Waals surface area contributed by atoms with Crippen LogP contribution in [0.4, 0.5) is 22.7 Å². The number of hydrogen-bond donors (Lipinski definition) is 1. The number of imide groups is 2. The van der Waals surface area contributed by atoms with Crippen LogP contribution in [-0.2, 0) is 9.59 Å². The molecule has 1 unspecified atom stereocenters. The predicted molar refractivity (Wildman–Crippen MR) is 212 cm³/mol. The molecule has 0 saturated carbocycles. The zero-order valence-corrected chi connectivity index (χ0v) is 32.2. The van der Waals surface area contributed by atoms with Gasteiger partial charge in [0, 0.05) is 86.8 Å². The molecule has 3 aromatic rings. The number of nitrogens with one attached hydrogen (secondary N) is 1. The largest absolute Gasteiger partial charge is 0.474 e. The third-order valence-electron chi connectivity index (χ3n) is 13.0. The van der Waals surface area contributed by atoms with Crippen molar-refractivity contribution in [1.82, 2.24) is 20.1 Å². The Balaban J connectivity index is 0.725. The van der Waals surface area contributed by atoms with Gasteiger partial charge in [-0.1, -0.05) is 17.7 Å². The zero-order chi connectivity index (χ0) is 38.7. The number of anilines is 3. The van der Waals surface area contributed by atoms with Crippen LogP contribution in [0, 0.1) is 12.0 Å². The van der Waals surface area contributed by atoms with E-state index >= 15 is 0 Å². The van der Waals surface area contributed by atoms with E-state index in [9.17, 15) is 19.2 Å².